The number of methoxy groups -OCH3 is 1. The van der Waals surface area contributed by atoms with Crippen molar-refractivity contribution < 1.29 is 14.3 Å². The molecular formula is C20H23NO3S. The van der Waals surface area contributed by atoms with E-state index in [0.29, 0.717) is 6.42 Å². The molecule has 0 unspecified atom stereocenters. The van der Waals surface area contributed by atoms with Crippen molar-refractivity contribution in [3.8, 4) is 5.75 Å². The van der Waals surface area contributed by atoms with Gasteiger partial charge >= 0.3 is 0 Å². The summed E-state index contributed by atoms with van der Waals surface area (Å²) in [7, 11) is 1.65. The van der Waals surface area contributed by atoms with E-state index in [-0.39, 0.29) is 11.5 Å². The molecule has 2 aliphatic rings. The van der Waals surface area contributed by atoms with Crippen LogP contribution >= 0.6 is 11.3 Å². The van der Waals surface area contributed by atoms with Gasteiger partial charge in [0.1, 0.15) is 5.75 Å². The van der Waals surface area contributed by atoms with Crippen LogP contribution in [0, 0.1) is 0 Å². The Labute approximate surface area is 152 Å². The molecule has 3 heterocycles. The van der Waals surface area contributed by atoms with Crippen molar-refractivity contribution in [2.24, 2.45) is 0 Å². The smallest absolute Gasteiger partial charge is 0.227 e. The second-order valence-electron chi connectivity index (χ2n) is 6.72. The molecule has 4 nitrogen and oxygen atoms in total. The number of likely N-dealkylation sites (tertiary alicyclic amines) is 1. The molecule has 25 heavy (non-hydrogen) atoms. The molecule has 0 saturated carbocycles. The highest BCUT2D eigenvalue weighted by atomic mass is 32.1. The summed E-state index contributed by atoms with van der Waals surface area (Å²) in [4.78, 5) is 16.2. The third-order valence-corrected chi connectivity index (χ3v) is 6.38. The van der Waals surface area contributed by atoms with Gasteiger partial charge in [-0.2, -0.15) is 0 Å². The molecule has 0 radical (unpaired) electrons. The molecule has 0 bridgehead atoms. The van der Waals surface area contributed by atoms with Gasteiger partial charge in [-0.15, -0.1) is 11.3 Å². The lowest BCUT2D eigenvalue weighted by Gasteiger charge is -2.44. The zero-order valence-corrected chi connectivity index (χ0v) is 15.3. The zero-order chi connectivity index (χ0) is 17.3. The number of rotatable bonds is 3. The number of thiophene rings is 1. The molecular weight excluding hydrogens is 334 g/mol. The molecule has 0 N–H and O–H groups in total. The number of piperidine rings is 1. The summed E-state index contributed by atoms with van der Waals surface area (Å²) in [5.41, 5.74) is 2.14. The van der Waals surface area contributed by atoms with Crippen LogP contribution in [0.1, 0.15) is 28.8 Å². The maximum absolute atomic E-state index is 12.7. The minimum absolute atomic E-state index is 0.167. The van der Waals surface area contributed by atoms with E-state index in [2.05, 4.69) is 11.4 Å². The van der Waals surface area contributed by atoms with E-state index >= 15 is 0 Å². The van der Waals surface area contributed by atoms with Crippen molar-refractivity contribution in [2.45, 2.75) is 31.3 Å². The molecule has 1 aromatic heterocycles. The highest BCUT2D eigenvalue weighted by Crippen LogP contribution is 2.43. The van der Waals surface area contributed by atoms with Crippen LogP contribution in [0.5, 0.6) is 5.75 Å². The number of amides is 1. The van der Waals surface area contributed by atoms with E-state index in [1.807, 2.05) is 40.5 Å². The average Bonchev–Trinajstić information content (AvgIpc) is 3.13. The SMILES string of the molecule is COc1ccccc1CC(=O)N1CCC2(CC1)OCCc1sccc12. The third kappa shape index (κ3) is 3.07. The van der Waals surface area contributed by atoms with E-state index in [9.17, 15) is 4.79 Å². The Kier molecular flexibility index (Phi) is 4.52. The van der Waals surface area contributed by atoms with Gasteiger partial charge in [0, 0.05) is 30.0 Å². The van der Waals surface area contributed by atoms with Crippen LogP contribution in [-0.4, -0.2) is 37.6 Å². The van der Waals surface area contributed by atoms with Crippen LogP contribution in [-0.2, 0) is 28.0 Å². The van der Waals surface area contributed by atoms with Crippen LogP contribution < -0.4 is 4.74 Å². The van der Waals surface area contributed by atoms with Gasteiger partial charge in [0.25, 0.3) is 0 Å². The Bertz CT molecular complexity index is 762. The standard InChI is InChI=1S/C20H23NO3S/c1-23-17-5-3-2-4-15(17)14-19(22)21-10-8-20(9-11-21)16-7-13-25-18(16)6-12-24-20/h2-5,7,13H,6,8-12,14H2,1H3. The summed E-state index contributed by atoms with van der Waals surface area (Å²) >= 11 is 1.83. The lowest BCUT2D eigenvalue weighted by atomic mass is 9.82. The minimum atomic E-state index is -0.172. The quantitative estimate of drug-likeness (QED) is 0.845. The van der Waals surface area contributed by atoms with E-state index in [4.69, 9.17) is 9.47 Å². The third-order valence-electron chi connectivity index (χ3n) is 5.40. The summed E-state index contributed by atoms with van der Waals surface area (Å²) in [5.74, 6) is 0.948. The van der Waals surface area contributed by atoms with Crippen molar-refractivity contribution in [1.82, 2.24) is 4.90 Å². The van der Waals surface area contributed by atoms with Crippen molar-refractivity contribution in [1.29, 1.82) is 0 Å². The number of hydrogen-bond acceptors (Lipinski definition) is 4. The van der Waals surface area contributed by atoms with Gasteiger partial charge in [-0.3, -0.25) is 4.79 Å². The second kappa shape index (κ2) is 6.81. The van der Waals surface area contributed by atoms with Crippen LogP contribution in [0.4, 0.5) is 0 Å². The van der Waals surface area contributed by atoms with Gasteiger partial charge in [-0.1, -0.05) is 18.2 Å². The summed E-state index contributed by atoms with van der Waals surface area (Å²) < 4.78 is 11.6. The lowest BCUT2D eigenvalue weighted by Crippen LogP contribution is -2.48. The monoisotopic (exact) mass is 357 g/mol. The normalized spacial score (nSPS) is 18.8. The van der Waals surface area contributed by atoms with Gasteiger partial charge in [-0.25, -0.2) is 0 Å². The second-order valence-corrected chi connectivity index (χ2v) is 7.72. The Morgan fingerprint density at radius 3 is 2.88 bits per heavy atom. The van der Waals surface area contributed by atoms with Crippen molar-refractivity contribution in [3.05, 3.63) is 51.7 Å². The molecule has 132 valence electrons. The number of nitrogens with zero attached hydrogens (tertiary/aromatic N) is 1. The predicted molar refractivity (Wildman–Crippen MR) is 98.2 cm³/mol. The number of benzene rings is 1. The highest BCUT2D eigenvalue weighted by molar-refractivity contribution is 7.10. The number of carbonyl (C=O) groups excluding carboxylic acids is 1. The highest BCUT2D eigenvalue weighted by Gasteiger charge is 2.42. The minimum Gasteiger partial charge on any atom is -0.496 e. The molecule has 5 heteroatoms. The van der Waals surface area contributed by atoms with Gasteiger partial charge in [0.2, 0.25) is 5.91 Å². The van der Waals surface area contributed by atoms with E-state index < -0.39 is 0 Å². The van der Waals surface area contributed by atoms with Crippen LogP contribution in [0.15, 0.2) is 35.7 Å². The fourth-order valence-corrected chi connectivity index (χ4v) is 4.96. The van der Waals surface area contributed by atoms with E-state index in [1.165, 1.54) is 10.4 Å². The number of hydrogen-bond donors (Lipinski definition) is 0. The fourth-order valence-electron chi connectivity index (χ4n) is 4.01. The maximum Gasteiger partial charge on any atom is 0.227 e. The Morgan fingerprint density at radius 1 is 1.28 bits per heavy atom. The van der Waals surface area contributed by atoms with E-state index in [1.54, 1.807) is 7.11 Å². The van der Waals surface area contributed by atoms with Gasteiger partial charge < -0.3 is 14.4 Å². The lowest BCUT2D eigenvalue weighted by molar-refractivity contribution is -0.139. The molecule has 1 fully saturated rings. The van der Waals surface area contributed by atoms with Crippen LogP contribution in [0.3, 0.4) is 0 Å². The first-order valence-corrected chi connectivity index (χ1v) is 9.70. The van der Waals surface area contributed by atoms with Crippen LogP contribution in [0.2, 0.25) is 0 Å². The van der Waals surface area contributed by atoms with Crippen molar-refractivity contribution >= 4 is 17.2 Å². The van der Waals surface area contributed by atoms with Crippen LogP contribution in [0.25, 0.3) is 0 Å². The van der Waals surface area contributed by atoms with Crippen molar-refractivity contribution in [2.75, 3.05) is 26.8 Å². The molecule has 4 rings (SSSR count). The number of ether oxygens (including phenoxy) is 2. The summed E-state index contributed by atoms with van der Waals surface area (Å²) in [6, 6.07) is 9.96. The summed E-state index contributed by atoms with van der Waals surface area (Å²) in [6.07, 6.45) is 3.18. The molecule has 1 aromatic carbocycles. The molecule has 2 aliphatic heterocycles. The predicted octanol–water partition coefficient (Wildman–Crippen LogP) is 3.39. The maximum atomic E-state index is 12.7. The Morgan fingerprint density at radius 2 is 2.08 bits per heavy atom. The average molecular weight is 357 g/mol. The molecule has 1 saturated heterocycles. The fraction of sp³-hybridized carbons (Fsp3) is 0.450. The Hall–Kier alpha value is -1.85. The Balaban J connectivity index is 1.43. The molecule has 0 atom stereocenters. The first kappa shape index (κ1) is 16.6. The summed E-state index contributed by atoms with van der Waals surface area (Å²) in [6.45, 7) is 2.30. The van der Waals surface area contributed by atoms with Gasteiger partial charge in [0.05, 0.1) is 25.7 Å². The van der Waals surface area contributed by atoms with E-state index in [0.717, 1.165) is 50.3 Å². The topological polar surface area (TPSA) is 38.8 Å². The van der Waals surface area contributed by atoms with Gasteiger partial charge in [-0.05, 0) is 35.9 Å². The first-order valence-electron chi connectivity index (χ1n) is 8.82. The largest absolute Gasteiger partial charge is 0.496 e. The van der Waals surface area contributed by atoms with Gasteiger partial charge in [0.15, 0.2) is 0 Å². The zero-order valence-electron chi connectivity index (χ0n) is 14.5. The molecule has 0 aliphatic carbocycles. The number of carbonyl (C=O) groups is 1. The number of para-hydroxylation sites is 1. The number of fused-ring (bicyclic) bond motifs is 2. The molecule has 1 amide bonds. The first-order chi connectivity index (χ1) is 12.2. The summed E-state index contributed by atoms with van der Waals surface area (Å²) in [5, 5.41) is 2.17. The molecule has 2 aromatic rings. The van der Waals surface area contributed by atoms with Crippen molar-refractivity contribution in [3.63, 3.8) is 0 Å². The molecule has 1 spiro atoms.